The number of anilines is 1. The van der Waals surface area contributed by atoms with Crippen molar-refractivity contribution in [2.24, 2.45) is 11.8 Å². The Morgan fingerprint density at radius 2 is 2.06 bits per heavy atom. The van der Waals surface area contributed by atoms with Gasteiger partial charge in [-0.25, -0.2) is 0 Å². The maximum Gasteiger partial charge on any atom is 0.166 e. The zero-order chi connectivity index (χ0) is 13.1. The molecule has 1 aliphatic rings. The van der Waals surface area contributed by atoms with Crippen LogP contribution >= 0.6 is 0 Å². The average molecular weight is 245 g/mol. The third kappa shape index (κ3) is 2.92. The molecule has 2 heteroatoms. The van der Waals surface area contributed by atoms with E-state index in [1.54, 1.807) is 0 Å². The predicted octanol–water partition coefficient (Wildman–Crippen LogP) is 3.76. The van der Waals surface area contributed by atoms with Gasteiger partial charge in [0.15, 0.2) is 5.78 Å². The Balaban J connectivity index is 2.15. The van der Waals surface area contributed by atoms with Crippen molar-refractivity contribution >= 4 is 11.5 Å². The fourth-order valence-corrected chi connectivity index (χ4v) is 2.85. The summed E-state index contributed by atoms with van der Waals surface area (Å²) in [6.45, 7) is 2.26. The maximum absolute atomic E-state index is 12.5. The number of Topliss-reactive ketones (excluding diaryl/α,β-unsaturated/α-hetero) is 1. The van der Waals surface area contributed by atoms with Crippen molar-refractivity contribution in [3.05, 3.63) is 29.8 Å². The smallest absolute Gasteiger partial charge is 0.166 e. The van der Waals surface area contributed by atoms with Crippen molar-refractivity contribution in [2.45, 2.75) is 32.6 Å². The van der Waals surface area contributed by atoms with E-state index < -0.39 is 0 Å². The Kier molecular flexibility index (Phi) is 4.05. The molecular formula is C16H23NO. The van der Waals surface area contributed by atoms with Crippen LogP contribution in [0.3, 0.4) is 0 Å². The first-order valence-electron chi connectivity index (χ1n) is 6.89. The highest BCUT2D eigenvalue weighted by molar-refractivity contribution is 5.98. The van der Waals surface area contributed by atoms with Crippen molar-refractivity contribution in [1.82, 2.24) is 0 Å². The Morgan fingerprint density at radius 1 is 1.28 bits per heavy atom. The second kappa shape index (κ2) is 5.55. The molecule has 2 atom stereocenters. The molecule has 1 saturated carbocycles. The van der Waals surface area contributed by atoms with Crippen LogP contribution in [0.4, 0.5) is 5.69 Å². The van der Waals surface area contributed by atoms with E-state index >= 15 is 0 Å². The van der Waals surface area contributed by atoms with E-state index in [2.05, 4.69) is 6.92 Å². The van der Waals surface area contributed by atoms with Crippen LogP contribution in [-0.4, -0.2) is 19.9 Å². The molecule has 0 saturated heterocycles. The molecule has 0 heterocycles. The molecular weight excluding hydrogens is 222 g/mol. The van der Waals surface area contributed by atoms with Crippen LogP contribution in [0.5, 0.6) is 0 Å². The maximum atomic E-state index is 12.5. The van der Waals surface area contributed by atoms with Gasteiger partial charge in [-0.2, -0.15) is 0 Å². The van der Waals surface area contributed by atoms with Gasteiger partial charge in [-0.15, -0.1) is 0 Å². The molecule has 1 aromatic rings. The number of rotatable bonds is 3. The fourth-order valence-electron chi connectivity index (χ4n) is 2.85. The number of ketones is 1. The molecule has 0 radical (unpaired) electrons. The molecule has 0 bridgehead atoms. The van der Waals surface area contributed by atoms with E-state index in [1.807, 2.05) is 43.3 Å². The Morgan fingerprint density at radius 3 is 2.72 bits per heavy atom. The second-order valence-corrected chi connectivity index (χ2v) is 5.78. The lowest BCUT2D eigenvalue weighted by molar-refractivity contribution is 0.0868. The van der Waals surface area contributed by atoms with Gasteiger partial charge in [0.2, 0.25) is 0 Å². The van der Waals surface area contributed by atoms with Gasteiger partial charge in [-0.3, -0.25) is 4.79 Å². The summed E-state index contributed by atoms with van der Waals surface area (Å²) in [5.41, 5.74) is 1.98. The van der Waals surface area contributed by atoms with Gasteiger partial charge >= 0.3 is 0 Å². The van der Waals surface area contributed by atoms with Crippen molar-refractivity contribution in [3.63, 3.8) is 0 Å². The van der Waals surface area contributed by atoms with E-state index in [4.69, 9.17) is 0 Å². The van der Waals surface area contributed by atoms with Gasteiger partial charge in [0.05, 0.1) is 0 Å². The number of nitrogens with zero attached hydrogens (tertiary/aromatic N) is 1. The molecule has 2 rings (SSSR count). The van der Waals surface area contributed by atoms with Gasteiger partial charge in [0.1, 0.15) is 0 Å². The SMILES string of the molecule is CC1CCCC(C(=O)c2cccc(N(C)C)c2)C1. The van der Waals surface area contributed by atoms with Crippen LogP contribution in [0.15, 0.2) is 24.3 Å². The Hall–Kier alpha value is -1.31. The minimum atomic E-state index is 0.242. The van der Waals surface area contributed by atoms with E-state index in [-0.39, 0.29) is 5.92 Å². The van der Waals surface area contributed by atoms with Gasteiger partial charge in [0.25, 0.3) is 0 Å². The summed E-state index contributed by atoms with van der Waals surface area (Å²) >= 11 is 0. The lowest BCUT2D eigenvalue weighted by atomic mass is 9.79. The summed E-state index contributed by atoms with van der Waals surface area (Å²) in [6, 6.07) is 7.99. The second-order valence-electron chi connectivity index (χ2n) is 5.78. The standard InChI is InChI=1S/C16H23NO/c1-12-6-4-7-13(10-12)16(18)14-8-5-9-15(11-14)17(2)3/h5,8-9,11-13H,4,6-7,10H2,1-3H3. The van der Waals surface area contributed by atoms with E-state index in [9.17, 15) is 4.79 Å². The number of benzene rings is 1. The summed E-state index contributed by atoms with van der Waals surface area (Å²) in [5, 5.41) is 0. The summed E-state index contributed by atoms with van der Waals surface area (Å²) < 4.78 is 0. The molecule has 0 spiro atoms. The summed E-state index contributed by atoms with van der Waals surface area (Å²) in [4.78, 5) is 14.5. The topological polar surface area (TPSA) is 20.3 Å². The average Bonchev–Trinajstić information content (AvgIpc) is 2.38. The lowest BCUT2D eigenvalue weighted by Crippen LogP contribution is -2.22. The van der Waals surface area contributed by atoms with Crippen LogP contribution in [-0.2, 0) is 0 Å². The molecule has 2 nitrogen and oxygen atoms in total. The van der Waals surface area contributed by atoms with Crippen molar-refractivity contribution in [3.8, 4) is 0 Å². The molecule has 18 heavy (non-hydrogen) atoms. The monoisotopic (exact) mass is 245 g/mol. The van der Waals surface area contributed by atoms with Crippen LogP contribution in [0.1, 0.15) is 43.0 Å². The highest BCUT2D eigenvalue weighted by Gasteiger charge is 2.25. The highest BCUT2D eigenvalue weighted by atomic mass is 16.1. The van der Waals surface area contributed by atoms with Gasteiger partial charge in [0, 0.05) is 31.3 Å². The van der Waals surface area contributed by atoms with Crippen molar-refractivity contribution in [2.75, 3.05) is 19.0 Å². The molecule has 2 unspecified atom stereocenters. The largest absolute Gasteiger partial charge is 0.378 e. The Labute approximate surface area is 110 Å². The zero-order valence-corrected chi connectivity index (χ0v) is 11.6. The molecule has 1 fully saturated rings. The zero-order valence-electron chi connectivity index (χ0n) is 11.6. The van der Waals surface area contributed by atoms with Crippen LogP contribution in [0.2, 0.25) is 0 Å². The third-order valence-corrected chi connectivity index (χ3v) is 3.95. The number of hydrogen-bond donors (Lipinski definition) is 0. The first kappa shape index (κ1) is 13.1. The van der Waals surface area contributed by atoms with Crippen LogP contribution in [0, 0.1) is 11.8 Å². The summed E-state index contributed by atoms with van der Waals surface area (Å²) in [6.07, 6.45) is 4.60. The fraction of sp³-hybridized carbons (Fsp3) is 0.562. The van der Waals surface area contributed by atoms with E-state index in [0.29, 0.717) is 11.7 Å². The van der Waals surface area contributed by atoms with Gasteiger partial charge < -0.3 is 4.90 Å². The predicted molar refractivity (Wildman–Crippen MR) is 76.2 cm³/mol. The van der Waals surface area contributed by atoms with Crippen molar-refractivity contribution in [1.29, 1.82) is 0 Å². The number of hydrogen-bond acceptors (Lipinski definition) is 2. The molecule has 0 aromatic heterocycles. The molecule has 98 valence electrons. The number of carbonyl (C=O) groups is 1. The summed E-state index contributed by atoms with van der Waals surface area (Å²) in [5.74, 6) is 1.28. The molecule has 1 aliphatic carbocycles. The minimum absolute atomic E-state index is 0.242. The van der Waals surface area contributed by atoms with Crippen LogP contribution < -0.4 is 4.90 Å². The first-order valence-corrected chi connectivity index (χ1v) is 6.89. The molecule has 0 amide bonds. The summed E-state index contributed by atoms with van der Waals surface area (Å²) in [7, 11) is 4.01. The normalized spacial score (nSPS) is 23.7. The lowest BCUT2D eigenvalue weighted by Gasteiger charge is -2.26. The van der Waals surface area contributed by atoms with Gasteiger partial charge in [-0.1, -0.05) is 31.9 Å². The van der Waals surface area contributed by atoms with Crippen molar-refractivity contribution < 1.29 is 4.79 Å². The van der Waals surface area contributed by atoms with E-state index in [0.717, 1.165) is 24.1 Å². The minimum Gasteiger partial charge on any atom is -0.378 e. The van der Waals surface area contributed by atoms with E-state index in [1.165, 1.54) is 12.8 Å². The molecule has 0 N–H and O–H groups in total. The molecule has 1 aromatic carbocycles. The van der Waals surface area contributed by atoms with Crippen LogP contribution in [0.25, 0.3) is 0 Å². The number of carbonyl (C=O) groups excluding carboxylic acids is 1. The quantitative estimate of drug-likeness (QED) is 0.756. The Bertz CT molecular complexity index is 425. The highest BCUT2D eigenvalue weighted by Crippen LogP contribution is 2.31. The first-order chi connectivity index (χ1) is 8.58. The third-order valence-electron chi connectivity index (χ3n) is 3.95. The molecule has 0 aliphatic heterocycles. The van der Waals surface area contributed by atoms with Gasteiger partial charge in [-0.05, 0) is 30.9 Å².